The number of ketones is 1. The van der Waals surface area contributed by atoms with Crippen molar-refractivity contribution >= 4 is 27.8 Å². The number of aryl methyl sites for hydroxylation is 1. The Balaban J connectivity index is 1.61. The molecule has 4 rings (SSSR count). The number of aliphatic hydroxyl groups excluding tert-OH is 1. The maximum Gasteiger partial charge on any atom is 0.232 e. The lowest BCUT2D eigenvalue weighted by Crippen LogP contribution is -2.46. The third-order valence-corrected chi connectivity index (χ3v) is 6.40. The molecule has 158 valence electrons. The molecule has 0 bridgehead atoms. The number of nitrogens with zero attached hydrogens (tertiary/aromatic N) is 2. The average molecular weight is 473 g/mol. The van der Waals surface area contributed by atoms with Crippen molar-refractivity contribution in [1.82, 2.24) is 9.80 Å². The molecule has 7 heteroatoms. The van der Waals surface area contributed by atoms with Crippen LogP contribution >= 0.6 is 15.9 Å². The van der Waals surface area contributed by atoms with Crippen LogP contribution in [0.5, 0.6) is 11.5 Å². The van der Waals surface area contributed by atoms with Crippen LogP contribution in [0.3, 0.4) is 0 Å². The third kappa shape index (κ3) is 4.16. The van der Waals surface area contributed by atoms with Gasteiger partial charge in [-0.3, -0.25) is 14.6 Å². The number of aromatic hydroxyl groups is 1. The van der Waals surface area contributed by atoms with Crippen LogP contribution in [0.15, 0.2) is 40.6 Å². The molecule has 1 saturated heterocycles. The zero-order chi connectivity index (χ0) is 21.3. The van der Waals surface area contributed by atoms with E-state index in [2.05, 4.69) is 25.7 Å². The van der Waals surface area contributed by atoms with Crippen LogP contribution < -0.4 is 4.74 Å². The van der Waals surface area contributed by atoms with Crippen LogP contribution in [0.25, 0.3) is 6.08 Å². The Morgan fingerprint density at radius 1 is 1.17 bits per heavy atom. The molecule has 0 unspecified atom stereocenters. The summed E-state index contributed by atoms with van der Waals surface area (Å²) < 4.78 is 6.91. The second kappa shape index (κ2) is 8.89. The Morgan fingerprint density at radius 2 is 1.87 bits per heavy atom. The summed E-state index contributed by atoms with van der Waals surface area (Å²) in [5.74, 6) is 0.722. The van der Waals surface area contributed by atoms with Gasteiger partial charge in [-0.15, -0.1) is 0 Å². The predicted octanol–water partition coefficient (Wildman–Crippen LogP) is 3.19. The maximum absolute atomic E-state index is 13.1. The molecule has 0 aromatic heterocycles. The number of rotatable bonds is 5. The molecule has 1 fully saturated rings. The summed E-state index contributed by atoms with van der Waals surface area (Å²) in [4.78, 5) is 17.5. The number of β-amino-alcohol motifs (C(OH)–C–C–N with tert-alkyl or cyclic N) is 1. The number of hydrogen-bond donors (Lipinski definition) is 2. The van der Waals surface area contributed by atoms with E-state index >= 15 is 0 Å². The van der Waals surface area contributed by atoms with E-state index < -0.39 is 0 Å². The lowest BCUT2D eigenvalue weighted by Gasteiger charge is -2.34. The van der Waals surface area contributed by atoms with Gasteiger partial charge in [0.05, 0.1) is 17.7 Å². The van der Waals surface area contributed by atoms with Crippen molar-refractivity contribution in [2.45, 2.75) is 13.5 Å². The number of hydrogen-bond acceptors (Lipinski definition) is 6. The summed E-state index contributed by atoms with van der Waals surface area (Å²) in [7, 11) is 0. The number of Topliss-reactive ketones (excluding diaryl/α,β-unsaturated/α-hetero) is 1. The normalized spacial score (nSPS) is 18.6. The van der Waals surface area contributed by atoms with Gasteiger partial charge in [0, 0.05) is 43.7 Å². The van der Waals surface area contributed by atoms with E-state index in [4.69, 9.17) is 9.84 Å². The molecule has 0 atom stereocenters. The number of halogens is 1. The third-order valence-electron chi connectivity index (χ3n) is 5.68. The van der Waals surface area contributed by atoms with Crippen LogP contribution in [0.2, 0.25) is 0 Å². The van der Waals surface area contributed by atoms with Gasteiger partial charge in [-0.25, -0.2) is 0 Å². The van der Waals surface area contributed by atoms with Crippen molar-refractivity contribution in [2.75, 3.05) is 39.3 Å². The highest BCUT2D eigenvalue weighted by Gasteiger charge is 2.34. The Kier molecular flexibility index (Phi) is 6.24. The number of allylic oxidation sites excluding steroid dienone is 1. The molecule has 2 aromatic carbocycles. The number of aliphatic hydroxyl groups is 1. The quantitative estimate of drug-likeness (QED) is 0.651. The topological polar surface area (TPSA) is 73.2 Å². The Morgan fingerprint density at radius 3 is 2.57 bits per heavy atom. The highest BCUT2D eigenvalue weighted by Crippen LogP contribution is 2.42. The standard InChI is InChI=1S/C23H25BrN2O4/c1-15-12-19(28)17(14-26-8-6-25(7-9-26)10-11-27)23-21(15)22(29)20(30-23)13-16-4-2-3-5-18(16)24/h2-5,12-13,27-28H,6-11,14H2,1H3/b20-13-. The first kappa shape index (κ1) is 21.1. The lowest BCUT2D eigenvalue weighted by molar-refractivity contribution is 0.101. The summed E-state index contributed by atoms with van der Waals surface area (Å²) >= 11 is 3.50. The lowest BCUT2D eigenvalue weighted by atomic mass is 9.99. The van der Waals surface area contributed by atoms with E-state index in [1.54, 1.807) is 12.1 Å². The first-order valence-corrected chi connectivity index (χ1v) is 10.9. The second-order valence-corrected chi connectivity index (χ2v) is 8.55. The molecular weight excluding hydrogens is 448 g/mol. The van der Waals surface area contributed by atoms with E-state index in [0.29, 0.717) is 35.5 Å². The van der Waals surface area contributed by atoms with Gasteiger partial charge in [0.15, 0.2) is 5.76 Å². The zero-order valence-electron chi connectivity index (χ0n) is 16.9. The molecule has 0 radical (unpaired) electrons. The molecular formula is C23H25BrN2O4. The number of ether oxygens (including phenoxy) is 1. The van der Waals surface area contributed by atoms with Gasteiger partial charge in [0.25, 0.3) is 0 Å². The number of phenolic OH excluding ortho intramolecular Hbond substituents is 1. The molecule has 0 amide bonds. The van der Waals surface area contributed by atoms with Crippen LogP contribution in [0.4, 0.5) is 0 Å². The fraction of sp³-hybridized carbons (Fsp3) is 0.348. The highest BCUT2D eigenvalue weighted by atomic mass is 79.9. The van der Waals surface area contributed by atoms with Crippen LogP contribution in [-0.2, 0) is 6.54 Å². The SMILES string of the molecule is Cc1cc(O)c(CN2CCN(CCO)CC2)c2c1C(=O)/C(=C/c1ccccc1Br)O2. The molecule has 0 saturated carbocycles. The molecule has 0 aliphatic carbocycles. The number of fused-ring (bicyclic) bond motifs is 1. The van der Waals surface area contributed by atoms with E-state index in [-0.39, 0.29) is 23.9 Å². The maximum atomic E-state index is 13.1. The summed E-state index contributed by atoms with van der Waals surface area (Å²) in [6.07, 6.45) is 1.74. The van der Waals surface area contributed by atoms with Crippen LogP contribution in [-0.4, -0.2) is 65.1 Å². The average Bonchev–Trinajstić information content (AvgIpc) is 3.05. The Bertz CT molecular complexity index is 997. The van der Waals surface area contributed by atoms with Crippen LogP contribution in [0.1, 0.15) is 27.0 Å². The van der Waals surface area contributed by atoms with Crippen molar-refractivity contribution < 1.29 is 19.7 Å². The Labute approximate surface area is 184 Å². The van der Waals surface area contributed by atoms with Crippen molar-refractivity contribution in [1.29, 1.82) is 0 Å². The van der Waals surface area contributed by atoms with E-state index in [1.807, 2.05) is 31.2 Å². The number of carbonyl (C=O) groups excluding carboxylic acids is 1. The molecule has 2 aromatic rings. The minimum absolute atomic E-state index is 0.152. The van der Waals surface area contributed by atoms with Crippen molar-refractivity contribution in [3.8, 4) is 11.5 Å². The fourth-order valence-electron chi connectivity index (χ4n) is 4.00. The smallest absolute Gasteiger partial charge is 0.232 e. The Hall–Kier alpha value is -2.19. The van der Waals surface area contributed by atoms with Gasteiger partial charge in [0.1, 0.15) is 11.5 Å². The largest absolute Gasteiger partial charge is 0.507 e. The van der Waals surface area contributed by atoms with E-state index in [1.165, 1.54) is 0 Å². The van der Waals surface area contributed by atoms with Gasteiger partial charge in [-0.2, -0.15) is 0 Å². The van der Waals surface area contributed by atoms with Crippen molar-refractivity contribution in [3.05, 3.63) is 62.8 Å². The number of phenols is 1. The van der Waals surface area contributed by atoms with Crippen molar-refractivity contribution in [3.63, 3.8) is 0 Å². The molecule has 6 nitrogen and oxygen atoms in total. The van der Waals surface area contributed by atoms with Gasteiger partial charge < -0.3 is 14.9 Å². The van der Waals surface area contributed by atoms with Gasteiger partial charge in [-0.05, 0) is 36.3 Å². The number of carbonyl (C=O) groups is 1. The summed E-state index contributed by atoms with van der Waals surface area (Å²) in [5, 5.41) is 19.8. The van der Waals surface area contributed by atoms with Gasteiger partial charge in [0.2, 0.25) is 5.78 Å². The summed E-state index contributed by atoms with van der Waals surface area (Å²) in [6.45, 7) is 6.56. The first-order chi connectivity index (χ1) is 14.5. The highest BCUT2D eigenvalue weighted by molar-refractivity contribution is 9.10. The molecule has 2 heterocycles. The minimum Gasteiger partial charge on any atom is -0.507 e. The minimum atomic E-state index is -0.160. The summed E-state index contributed by atoms with van der Waals surface area (Å²) in [6, 6.07) is 9.30. The fourth-order valence-corrected chi connectivity index (χ4v) is 4.40. The second-order valence-electron chi connectivity index (χ2n) is 7.70. The van der Waals surface area contributed by atoms with E-state index in [9.17, 15) is 9.90 Å². The molecule has 2 N–H and O–H groups in total. The molecule has 0 spiro atoms. The van der Waals surface area contributed by atoms with E-state index in [0.717, 1.165) is 36.2 Å². The van der Waals surface area contributed by atoms with Gasteiger partial charge in [-0.1, -0.05) is 34.1 Å². The van der Waals surface area contributed by atoms with Crippen LogP contribution in [0, 0.1) is 6.92 Å². The van der Waals surface area contributed by atoms with Gasteiger partial charge >= 0.3 is 0 Å². The monoisotopic (exact) mass is 472 g/mol. The summed E-state index contributed by atoms with van der Waals surface area (Å²) in [5.41, 5.74) is 2.74. The molecule has 2 aliphatic rings. The zero-order valence-corrected chi connectivity index (χ0v) is 18.5. The van der Waals surface area contributed by atoms with Crippen molar-refractivity contribution in [2.24, 2.45) is 0 Å². The number of piperazine rings is 1. The number of benzene rings is 2. The molecule has 2 aliphatic heterocycles. The molecule has 30 heavy (non-hydrogen) atoms. The first-order valence-electron chi connectivity index (χ1n) is 10.1. The predicted molar refractivity (Wildman–Crippen MR) is 119 cm³/mol.